The summed E-state index contributed by atoms with van der Waals surface area (Å²) in [6, 6.07) is 11.5. The normalized spacial score (nSPS) is 12.6. The van der Waals surface area contributed by atoms with Crippen LogP contribution in [0.1, 0.15) is 5.56 Å². The standard InChI is InChI=1S/C13H10FNS/c1-8-6-9(14)13-12(7-8)16-11-5-3-2-4-10(11)15-13/h2-7,15H,1H3. The molecule has 0 aliphatic carbocycles. The Kier molecular flexibility index (Phi) is 2.14. The molecule has 1 aliphatic rings. The highest BCUT2D eigenvalue weighted by Gasteiger charge is 2.18. The summed E-state index contributed by atoms with van der Waals surface area (Å²) >= 11 is 1.61. The molecule has 0 atom stereocenters. The lowest BCUT2D eigenvalue weighted by Crippen LogP contribution is -2.02. The summed E-state index contributed by atoms with van der Waals surface area (Å²) in [5, 5.41) is 3.14. The number of hydrogen-bond acceptors (Lipinski definition) is 2. The topological polar surface area (TPSA) is 12.0 Å². The van der Waals surface area contributed by atoms with Crippen molar-refractivity contribution in [2.75, 3.05) is 5.32 Å². The van der Waals surface area contributed by atoms with Crippen molar-refractivity contribution in [3.63, 3.8) is 0 Å². The summed E-state index contributed by atoms with van der Waals surface area (Å²) in [6.45, 7) is 1.91. The lowest BCUT2D eigenvalue weighted by atomic mass is 10.2. The van der Waals surface area contributed by atoms with E-state index in [1.54, 1.807) is 17.8 Å². The molecule has 0 saturated heterocycles. The summed E-state index contributed by atoms with van der Waals surface area (Å²) in [5.74, 6) is -0.183. The van der Waals surface area contributed by atoms with E-state index in [0.29, 0.717) is 5.69 Å². The van der Waals surface area contributed by atoms with Crippen LogP contribution in [-0.4, -0.2) is 0 Å². The Labute approximate surface area is 97.7 Å². The van der Waals surface area contributed by atoms with Gasteiger partial charge < -0.3 is 5.32 Å². The molecule has 1 heterocycles. The van der Waals surface area contributed by atoms with E-state index in [2.05, 4.69) is 5.32 Å². The molecule has 0 bridgehead atoms. The third-order valence-corrected chi connectivity index (χ3v) is 3.68. The van der Waals surface area contributed by atoms with Crippen LogP contribution in [0.4, 0.5) is 15.8 Å². The number of para-hydroxylation sites is 1. The van der Waals surface area contributed by atoms with E-state index < -0.39 is 0 Å². The highest BCUT2D eigenvalue weighted by atomic mass is 32.2. The van der Waals surface area contributed by atoms with Gasteiger partial charge in [0.25, 0.3) is 0 Å². The molecule has 3 heteroatoms. The van der Waals surface area contributed by atoms with Crippen molar-refractivity contribution in [2.45, 2.75) is 16.7 Å². The number of halogens is 1. The Bertz CT molecular complexity index is 566. The predicted molar refractivity (Wildman–Crippen MR) is 65.0 cm³/mol. The molecular weight excluding hydrogens is 221 g/mol. The fourth-order valence-electron chi connectivity index (χ4n) is 1.82. The van der Waals surface area contributed by atoms with E-state index >= 15 is 0 Å². The number of rotatable bonds is 0. The zero-order valence-electron chi connectivity index (χ0n) is 8.75. The van der Waals surface area contributed by atoms with Gasteiger partial charge in [-0.25, -0.2) is 4.39 Å². The van der Waals surface area contributed by atoms with Gasteiger partial charge in [0.15, 0.2) is 0 Å². The highest BCUT2D eigenvalue weighted by molar-refractivity contribution is 7.99. The van der Waals surface area contributed by atoms with Crippen molar-refractivity contribution in [2.24, 2.45) is 0 Å². The molecule has 0 spiro atoms. The van der Waals surface area contributed by atoms with Crippen LogP contribution in [0.2, 0.25) is 0 Å². The average Bonchev–Trinajstić information content (AvgIpc) is 2.27. The van der Waals surface area contributed by atoms with E-state index in [9.17, 15) is 4.39 Å². The Hall–Kier alpha value is -1.48. The van der Waals surface area contributed by atoms with Gasteiger partial charge in [0.1, 0.15) is 5.82 Å². The first kappa shape index (κ1) is 9.73. The van der Waals surface area contributed by atoms with Gasteiger partial charge in [-0.15, -0.1) is 0 Å². The number of fused-ring (bicyclic) bond motifs is 2. The maximum absolute atomic E-state index is 13.8. The first-order valence-corrected chi connectivity index (χ1v) is 5.90. The number of hydrogen-bond donors (Lipinski definition) is 1. The lowest BCUT2D eigenvalue weighted by molar-refractivity contribution is 0.627. The summed E-state index contributed by atoms with van der Waals surface area (Å²) in [6.07, 6.45) is 0. The average molecular weight is 231 g/mol. The van der Waals surface area contributed by atoms with Gasteiger partial charge in [-0.2, -0.15) is 0 Å². The monoisotopic (exact) mass is 231 g/mol. The van der Waals surface area contributed by atoms with Crippen molar-refractivity contribution in [1.29, 1.82) is 0 Å². The molecule has 0 unspecified atom stereocenters. The van der Waals surface area contributed by atoms with Crippen molar-refractivity contribution in [3.05, 3.63) is 47.8 Å². The highest BCUT2D eigenvalue weighted by Crippen LogP contribution is 2.45. The quantitative estimate of drug-likeness (QED) is 0.617. The van der Waals surface area contributed by atoms with Crippen molar-refractivity contribution in [3.8, 4) is 0 Å². The molecular formula is C13H10FNS. The van der Waals surface area contributed by atoms with Crippen LogP contribution in [0.5, 0.6) is 0 Å². The Balaban J connectivity index is 2.15. The number of nitrogens with one attached hydrogen (secondary N) is 1. The Morgan fingerprint density at radius 1 is 1.12 bits per heavy atom. The Morgan fingerprint density at radius 3 is 2.81 bits per heavy atom. The van der Waals surface area contributed by atoms with E-state index in [-0.39, 0.29) is 5.82 Å². The summed E-state index contributed by atoms with van der Waals surface area (Å²) in [5.41, 5.74) is 2.52. The molecule has 1 aliphatic heterocycles. The van der Waals surface area contributed by atoms with Crippen molar-refractivity contribution in [1.82, 2.24) is 0 Å². The van der Waals surface area contributed by atoms with Crippen LogP contribution in [0, 0.1) is 12.7 Å². The minimum absolute atomic E-state index is 0.183. The third kappa shape index (κ3) is 1.48. The van der Waals surface area contributed by atoms with E-state index in [0.717, 1.165) is 21.0 Å². The lowest BCUT2D eigenvalue weighted by Gasteiger charge is -2.21. The third-order valence-electron chi connectivity index (χ3n) is 2.57. The molecule has 1 nitrogen and oxygen atoms in total. The molecule has 80 valence electrons. The van der Waals surface area contributed by atoms with E-state index in [4.69, 9.17) is 0 Å². The molecule has 1 N–H and O–H groups in total. The van der Waals surface area contributed by atoms with Gasteiger partial charge in [0.2, 0.25) is 0 Å². The fourth-order valence-corrected chi connectivity index (χ4v) is 2.93. The molecule has 2 aromatic carbocycles. The van der Waals surface area contributed by atoms with Crippen LogP contribution >= 0.6 is 11.8 Å². The Morgan fingerprint density at radius 2 is 1.94 bits per heavy atom. The van der Waals surface area contributed by atoms with Crippen LogP contribution in [0.15, 0.2) is 46.2 Å². The van der Waals surface area contributed by atoms with Crippen molar-refractivity contribution < 1.29 is 4.39 Å². The molecule has 16 heavy (non-hydrogen) atoms. The largest absolute Gasteiger partial charge is 0.351 e. The maximum atomic E-state index is 13.8. The molecule has 0 amide bonds. The molecule has 0 fully saturated rings. The number of aryl methyl sites for hydroxylation is 1. The SMILES string of the molecule is Cc1cc(F)c2c(c1)Sc1ccccc1N2. The molecule has 3 rings (SSSR count). The molecule has 0 aromatic heterocycles. The second kappa shape index (κ2) is 3.52. The number of benzene rings is 2. The zero-order chi connectivity index (χ0) is 11.1. The smallest absolute Gasteiger partial charge is 0.148 e. The summed E-state index contributed by atoms with van der Waals surface area (Å²) in [4.78, 5) is 2.09. The van der Waals surface area contributed by atoms with E-state index in [1.807, 2.05) is 37.3 Å². The van der Waals surface area contributed by atoms with Crippen LogP contribution in [-0.2, 0) is 0 Å². The molecule has 2 aromatic rings. The van der Waals surface area contributed by atoms with Gasteiger partial charge in [0.05, 0.1) is 11.4 Å². The van der Waals surface area contributed by atoms with Crippen LogP contribution in [0.3, 0.4) is 0 Å². The van der Waals surface area contributed by atoms with Gasteiger partial charge in [0, 0.05) is 9.79 Å². The minimum atomic E-state index is -0.183. The second-order valence-corrected chi connectivity index (χ2v) is 4.93. The van der Waals surface area contributed by atoms with Crippen molar-refractivity contribution >= 4 is 23.1 Å². The molecule has 0 saturated carbocycles. The number of anilines is 2. The predicted octanol–water partition coefficient (Wildman–Crippen LogP) is 4.34. The minimum Gasteiger partial charge on any atom is -0.351 e. The maximum Gasteiger partial charge on any atom is 0.148 e. The summed E-state index contributed by atoms with van der Waals surface area (Å²) < 4.78 is 13.8. The van der Waals surface area contributed by atoms with E-state index in [1.165, 1.54) is 0 Å². The zero-order valence-corrected chi connectivity index (χ0v) is 9.57. The summed E-state index contributed by atoms with van der Waals surface area (Å²) in [7, 11) is 0. The van der Waals surface area contributed by atoms with Gasteiger partial charge in [-0.05, 0) is 36.8 Å². The van der Waals surface area contributed by atoms with Gasteiger partial charge in [-0.3, -0.25) is 0 Å². The van der Waals surface area contributed by atoms with Crippen LogP contribution < -0.4 is 5.32 Å². The fraction of sp³-hybridized carbons (Fsp3) is 0.0769. The van der Waals surface area contributed by atoms with Gasteiger partial charge in [-0.1, -0.05) is 23.9 Å². The second-order valence-electron chi connectivity index (χ2n) is 3.84. The first-order valence-electron chi connectivity index (χ1n) is 5.08. The van der Waals surface area contributed by atoms with Gasteiger partial charge >= 0.3 is 0 Å². The molecule has 0 radical (unpaired) electrons. The van der Waals surface area contributed by atoms with Crippen LogP contribution in [0.25, 0.3) is 0 Å². The first-order chi connectivity index (χ1) is 7.74.